The lowest BCUT2D eigenvalue weighted by atomic mass is 9.93. The highest BCUT2D eigenvalue weighted by molar-refractivity contribution is 5.41. The molecule has 3 heterocycles. The number of hydrogen-bond donors (Lipinski definition) is 1. The molecular formula is C16H16N6O. The SMILES string of the molecule is COc1ccccc1[C@H]1C[C@@H](c2cccnc2)Nc2nnnn21. The third kappa shape index (κ3) is 2.40. The van der Waals surface area contributed by atoms with Crippen LogP contribution in [0.5, 0.6) is 5.75 Å². The van der Waals surface area contributed by atoms with Crippen molar-refractivity contribution in [3.05, 3.63) is 59.9 Å². The summed E-state index contributed by atoms with van der Waals surface area (Å²) in [6.07, 6.45) is 4.45. The van der Waals surface area contributed by atoms with Crippen LogP contribution in [0.2, 0.25) is 0 Å². The molecule has 1 aromatic carbocycles. The second kappa shape index (κ2) is 5.68. The van der Waals surface area contributed by atoms with Gasteiger partial charge in [0, 0.05) is 18.0 Å². The normalized spacial score (nSPS) is 19.7. The van der Waals surface area contributed by atoms with E-state index >= 15 is 0 Å². The van der Waals surface area contributed by atoms with E-state index in [4.69, 9.17) is 4.74 Å². The minimum absolute atomic E-state index is 0.00241. The van der Waals surface area contributed by atoms with Crippen LogP contribution >= 0.6 is 0 Å². The van der Waals surface area contributed by atoms with Gasteiger partial charge < -0.3 is 10.1 Å². The van der Waals surface area contributed by atoms with Gasteiger partial charge in [0.15, 0.2) is 0 Å². The van der Waals surface area contributed by atoms with Crippen LogP contribution in [-0.4, -0.2) is 32.3 Å². The number of nitrogens with zero attached hydrogens (tertiary/aromatic N) is 5. The van der Waals surface area contributed by atoms with Gasteiger partial charge >= 0.3 is 0 Å². The van der Waals surface area contributed by atoms with Gasteiger partial charge in [-0.1, -0.05) is 29.4 Å². The lowest BCUT2D eigenvalue weighted by molar-refractivity contribution is 0.377. The highest BCUT2D eigenvalue weighted by Gasteiger charge is 2.32. The number of rotatable bonds is 3. The predicted molar refractivity (Wildman–Crippen MR) is 84.2 cm³/mol. The van der Waals surface area contributed by atoms with Crippen LogP contribution in [0.25, 0.3) is 0 Å². The summed E-state index contributed by atoms with van der Waals surface area (Å²) in [6.45, 7) is 0. The zero-order valence-corrected chi connectivity index (χ0v) is 12.6. The molecule has 7 heteroatoms. The van der Waals surface area contributed by atoms with Gasteiger partial charge in [-0.25, -0.2) is 4.68 Å². The monoisotopic (exact) mass is 308 g/mol. The fourth-order valence-electron chi connectivity index (χ4n) is 3.04. The number of pyridine rings is 1. The van der Waals surface area contributed by atoms with E-state index in [1.807, 2.05) is 35.1 Å². The summed E-state index contributed by atoms with van der Waals surface area (Å²) in [5.41, 5.74) is 2.18. The highest BCUT2D eigenvalue weighted by atomic mass is 16.5. The van der Waals surface area contributed by atoms with Crippen LogP contribution in [0.1, 0.15) is 29.6 Å². The van der Waals surface area contributed by atoms with Crippen LogP contribution in [0.3, 0.4) is 0 Å². The summed E-state index contributed by atoms with van der Waals surface area (Å²) >= 11 is 0. The first-order valence-corrected chi connectivity index (χ1v) is 7.44. The Morgan fingerprint density at radius 3 is 2.96 bits per heavy atom. The van der Waals surface area contributed by atoms with Crippen molar-refractivity contribution in [2.75, 3.05) is 12.4 Å². The molecule has 1 aliphatic heterocycles. The molecule has 0 saturated carbocycles. The van der Waals surface area contributed by atoms with E-state index in [1.165, 1.54) is 0 Å². The van der Waals surface area contributed by atoms with Crippen LogP contribution < -0.4 is 10.1 Å². The maximum absolute atomic E-state index is 5.52. The highest BCUT2D eigenvalue weighted by Crippen LogP contribution is 2.39. The van der Waals surface area contributed by atoms with E-state index in [2.05, 4.69) is 38.0 Å². The Hall–Kier alpha value is -2.96. The molecule has 0 aliphatic carbocycles. The second-order valence-corrected chi connectivity index (χ2v) is 5.42. The van der Waals surface area contributed by atoms with Gasteiger partial charge in [0.05, 0.1) is 19.2 Å². The van der Waals surface area contributed by atoms with E-state index in [1.54, 1.807) is 13.3 Å². The summed E-state index contributed by atoms with van der Waals surface area (Å²) in [5, 5.41) is 15.4. The van der Waals surface area contributed by atoms with Crippen molar-refractivity contribution in [1.82, 2.24) is 25.2 Å². The third-order valence-corrected chi connectivity index (χ3v) is 4.14. The molecule has 2 atom stereocenters. The van der Waals surface area contributed by atoms with Gasteiger partial charge in [-0.3, -0.25) is 4.98 Å². The minimum atomic E-state index is 0.00241. The first kappa shape index (κ1) is 13.7. The van der Waals surface area contributed by atoms with Gasteiger partial charge in [-0.15, -0.1) is 0 Å². The molecule has 23 heavy (non-hydrogen) atoms. The Morgan fingerprint density at radius 1 is 1.22 bits per heavy atom. The number of tetrazole rings is 1. The van der Waals surface area contributed by atoms with E-state index < -0.39 is 0 Å². The zero-order valence-electron chi connectivity index (χ0n) is 12.6. The second-order valence-electron chi connectivity index (χ2n) is 5.42. The van der Waals surface area contributed by atoms with Gasteiger partial charge in [0.1, 0.15) is 5.75 Å². The molecule has 0 unspecified atom stereocenters. The molecule has 2 aromatic heterocycles. The van der Waals surface area contributed by atoms with Crippen molar-refractivity contribution >= 4 is 5.95 Å². The smallest absolute Gasteiger partial charge is 0.244 e. The lowest BCUT2D eigenvalue weighted by Crippen LogP contribution is -2.28. The average Bonchev–Trinajstić information content (AvgIpc) is 3.10. The number of methoxy groups -OCH3 is 1. The molecule has 0 fully saturated rings. The number of para-hydroxylation sites is 1. The van der Waals surface area contributed by atoms with E-state index in [0.717, 1.165) is 23.3 Å². The van der Waals surface area contributed by atoms with Crippen molar-refractivity contribution in [1.29, 1.82) is 0 Å². The number of ether oxygens (including phenoxy) is 1. The van der Waals surface area contributed by atoms with Crippen LogP contribution in [-0.2, 0) is 0 Å². The van der Waals surface area contributed by atoms with E-state index in [0.29, 0.717) is 5.95 Å². The molecule has 0 amide bonds. The zero-order chi connectivity index (χ0) is 15.6. The summed E-state index contributed by atoms with van der Waals surface area (Å²) in [6, 6.07) is 12.1. The standard InChI is InChI=1S/C16H16N6O/c1-23-15-7-3-2-6-12(15)14-9-13(11-5-4-8-17-10-11)18-16-19-20-21-22(14)16/h2-8,10,13-14H,9H2,1H3,(H,18,19,21)/t13-,14+/m0/s1. The Bertz CT molecular complexity index is 803. The molecule has 0 saturated heterocycles. The topological polar surface area (TPSA) is 77.8 Å². The Balaban J connectivity index is 1.77. The van der Waals surface area contributed by atoms with Crippen LogP contribution in [0.4, 0.5) is 5.95 Å². The molecule has 0 spiro atoms. The third-order valence-electron chi connectivity index (χ3n) is 4.14. The average molecular weight is 308 g/mol. The first-order chi connectivity index (χ1) is 11.4. The number of anilines is 1. The van der Waals surface area contributed by atoms with Crippen molar-refractivity contribution < 1.29 is 4.74 Å². The molecule has 116 valence electrons. The predicted octanol–water partition coefficient (Wildman–Crippen LogP) is 2.22. The maximum atomic E-state index is 5.52. The fraction of sp³-hybridized carbons (Fsp3) is 0.250. The van der Waals surface area contributed by atoms with Crippen molar-refractivity contribution in [3.8, 4) is 5.75 Å². The van der Waals surface area contributed by atoms with Crippen LogP contribution in [0.15, 0.2) is 48.8 Å². The Morgan fingerprint density at radius 2 is 2.13 bits per heavy atom. The number of aromatic nitrogens is 5. The molecule has 1 N–H and O–H groups in total. The fourth-order valence-corrected chi connectivity index (χ4v) is 3.04. The number of benzene rings is 1. The van der Waals surface area contributed by atoms with Crippen molar-refractivity contribution in [3.63, 3.8) is 0 Å². The summed E-state index contributed by atoms with van der Waals surface area (Å²) in [4.78, 5) is 4.21. The number of hydrogen-bond acceptors (Lipinski definition) is 6. The number of fused-ring (bicyclic) bond motifs is 1. The first-order valence-electron chi connectivity index (χ1n) is 7.44. The molecule has 0 bridgehead atoms. The Kier molecular flexibility index (Phi) is 3.38. The molecule has 1 aliphatic rings. The molecule has 0 radical (unpaired) electrons. The summed E-state index contributed by atoms with van der Waals surface area (Å²) in [5.74, 6) is 1.49. The quantitative estimate of drug-likeness (QED) is 0.799. The molecule has 7 nitrogen and oxygen atoms in total. The van der Waals surface area contributed by atoms with Gasteiger partial charge in [0.25, 0.3) is 0 Å². The van der Waals surface area contributed by atoms with Gasteiger partial charge in [-0.05, 0) is 34.5 Å². The minimum Gasteiger partial charge on any atom is -0.496 e. The van der Waals surface area contributed by atoms with Crippen molar-refractivity contribution in [2.45, 2.75) is 18.5 Å². The summed E-state index contributed by atoms with van der Waals surface area (Å²) in [7, 11) is 1.68. The molecule has 4 rings (SSSR count). The lowest BCUT2D eigenvalue weighted by Gasteiger charge is -2.31. The van der Waals surface area contributed by atoms with Crippen LogP contribution in [0, 0.1) is 0 Å². The van der Waals surface area contributed by atoms with E-state index in [-0.39, 0.29) is 12.1 Å². The molecular weight excluding hydrogens is 292 g/mol. The maximum Gasteiger partial charge on any atom is 0.244 e. The van der Waals surface area contributed by atoms with Gasteiger partial charge in [-0.2, -0.15) is 0 Å². The van der Waals surface area contributed by atoms with Gasteiger partial charge in [0.2, 0.25) is 5.95 Å². The summed E-state index contributed by atoms with van der Waals surface area (Å²) < 4.78 is 7.33. The Labute approximate surface area is 133 Å². The van der Waals surface area contributed by atoms with Crippen molar-refractivity contribution in [2.24, 2.45) is 0 Å². The number of nitrogens with one attached hydrogen (secondary N) is 1. The van der Waals surface area contributed by atoms with E-state index in [9.17, 15) is 0 Å². The largest absolute Gasteiger partial charge is 0.496 e. The molecule has 3 aromatic rings.